The summed E-state index contributed by atoms with van der Waals surface area (Å²) in [6.07, 6.45) is 0.574. The van der Waals surface area contributed by atoms with E-state index in [1.165, 1.54) is 5.56 Å². The molecule has 3 heteroatoms. The van der Waals surface area contributed by atoms with Crippen molar-refractivity contribution in [3.8, 4) is 5.75 Å². The minimum Gasteiger partial charge on any atom is -0.481 e. The summed E-state index contributed by atoms with van der Waals surface area (Å²) in [5, 5.41) is 0. The summed E-state index contributed by atoms with van der Waals surface area (Å²) in [5.41, 5.74) is 1.31. The van der Waals surface area contributed by atoms with Gasteiger partial charge in [-0.05, 0) is 31.0 Å². The third-order valence-corrected chi connectivity index (χ3v) is 4.17. The molecule has 1 fully saturated rings. The number of hydrogen-bond acceptors (Lipinski definition) is 2. The predicted molar refractivity (Wildman–Crippen MR) is 86.9 cm³/mol. The largest absolute Gasteiger partial charge is 0.481 e. The van der Waals surface area contributed by atoms with E-state index in [1.54, 1.807) is 0 Å². The molecule has 0 spiro atoms. The molecule has 2 aromatic carbocycles. The topological polar surface area (TPSA) is 29.5 Å². The highest BCUT2D eigenvalue weighted by Crippen LogP contribution is 2.27. The van der Waals surface area contributed by atoms with Crippen molar-refractivity contribution in [3.05, 3.63) is 66.2 Å². The Balaban J connectivity index is 1.59. The van der Waals surface area contributed by atoms with Gasteiger partial charge in [0.2, 0.25) is 0 Å². The summed E-state index contributed by atoms with van der Waals surface area (Å²) in [7, 11) is 0. The van der Waals surface area contributed by atoms with Crippen LogP contribution in [0.2, 0.25) is 0 Å². The molecule has 1 aliphatic heterocycles. The summed E-state index contributed by atoms with van der Waals surface area (Å²) in [5.74, 6) is 1.25. The molecule has 3 nitrogen and oxygen atoms in total. The van der Waals surface area contributed by atoms with Gasteiger partial charge >= 0.3 is 0 Å². The fourth-order valence-electron chi connectivity index (χ4n) is 2.97. The molecule has 22 heavy (non-hydrogen) atoms. The number of benzene rings is 2. The number of hydrogen-bond donors (Lipinski definition) is 0. The average molecular weight is 295 g/mol. The number of carbonyl (C=O) groups excluding carboxylic acids is 1. The zero-order valence-electron chi connectivity index (χ0n) is 12.8. The van der Waals surface area contributed by atoms with Crippen molar-refractivity contribution in [2.45, 2.75) is 25.4 Å². The van der Waals surface area contributed by atoms with Crippen LogP contribution in [0.25, 0.3) is 0 Å². The van der Waals surface area contributed by atoms with Crippen molar-refractivity contribution in [2.24, 2.45) is 0 Å². The minimum atomic E-state index is -0.447. The lowest BCUT2D eigenvalue weighted by Crippen LogP contribution is -2.39. The van der Waals surface area contributed by atoms with E-state index in [4.69, 9.17) is 4.74 Å². The molecule has 0 aliphatic carbocycles. The Morgan fingerprint density at radius 2 is 1.73 bits per heavy atom. The Morgan fingerprint density at radius 3 is 2.41 bits per heavy atom. The van der Waals surface area contributed by atoms with Gasteiger partial charge in [0.05, 0.1) is 0 Å². The third kappa shape index (κ3) is 3.30. The van der Waals surface area contributed by atoms with Crippen LogP contribution in [0, 0.1) is 0 Å². The van der Waals surface area contributed by atoms with Gasteiger partial charge in [0.1, 0.15) is 5.75 Å². The maximum absolute atomic E-state index is 12.5. The average Bonchev–Trinajstić information content (AvgIpc) is 3.06. The molecule has 0 bridgehead atoms. The maximum Gasteiger partial charge on any atom is 0.263 e. The van der Waals surface area contributed by atoms with Crippen LogP contribution in [-0.4, -0.2) is 30.0 Å². The van der Waals surface area contributed by atoms with E-state index in [-0.39, 0.29) is 5.91 Å². The van der Waals surface area contributed by atoms with Crippen LogP contribution < -0.4 is 4.74 Å². The van der Waals surface area contributed by atoms with Gasteiger partial charge in [-0.15, -0.1) is 0 Å². The highest BCUT2D eigenvalue weighted by atomic mass is 16.5. The summed E-state index contributed by atoms with van der Waals surface area (Å²) >= 11 is 0. The molecule has 1 saturated heterocycles. The molecule has 3 rings (SSSR count). The molecule has 2 aromatic rings. The van der Waals surface area contributed by atoms with Crippen molar-refractivity contribution in [3.63, 3.8) is 0 Å². The van der Waals surface area contributed by atoms with Crippen molar-refractivity contribution < 1.29 is 9.53 Å². The van der Waals surface area contributed by atoms with Crippen LogP contribution in [0.15, 0.2) is 60.7 Å². The highest BCUT2D eigenvalue weighted by molar-refractivity contribution is 5.81. The number of amides is 1. The first-order valence-corrected chi connectivity index (χ1v) is 7.79. The molecule has 0 radical (unpaired) electrons. The quantitative estimate of drug-likeness (QED) is 0.864. The SMILES string of the molecule is CC(Oc1ccccc1)C(=O)N1CCC(c2ccccc2)C1. The standard InChI is InChI=1S/C19H21NO2/c1-15(22-18-10-6-3-7-11-18)19(21)20-13-12-17(14-20)16-8-4-2-5-9-16/h2-11,15,17H,12-14H2,1H3. The molecular weight excluding hydrogens is 274 g/mol. The lowest BCUT2D eigenvalue weighted by Gasteiger charge is -2.22. The molecule has 0 saturated carbocycles. The molecule has 0 aromatic heterocycles. The van der Waals surface area contributed by atoms with Gasteiger partial charge in [0.25, 0.3) is 5.91 Å². The fraction of sp³-hybridized carbons (Fsp3) is 0.316. The van der Waals surface area contributed by atoms with Crippen LogP contribution in [0.1, 0.15) is 24.8 Å². The maximum atomic E-state index is 12.5. The van der Waals surface area contributed by atoms with Crippen molar-refractivity contribution in [1.82, 2.24) is 4.90 Å². The predicted octanol–water partition coefficient (Wildman–Crippen LogP) is 3.47. The van der Waals surface area contributed by atoms with Crippen molar-refractivity contribution >= 4 is 5.91 Å². The van der Waals surface area contributed by atoms with Crippen LogP contribution in [0.4, 0.5) is 0 Å². The van der Waals surface area contributed by atoms with Crippen molar-refractivity contribution in [2.75, 3.05) is 13.1 Å². The van der Waals surface area contributed by atoms with E-state index in [2.05, 4.69) is 24.3 Å². The first kappa shape index (κ1) is 14.6. The monoisotopic (exact) mass is 295 g/mol. The molecule has 1 amide bonds. The van der Waals surface area contributed by atoms with Crippen LogP contribution in [0.5, 0.6) is 5.75 Å². The zero-order chi connectivity index (χ0) is 15.4. The fourth-order valence-corrected chi connectivity index (χ4v) is 2.97. The van der Waals surface area contributed by atoms with Gasteiger partial charge in [-0.25, -0.2) is 0 Å². The van der Waals surface area contributed by atoms with Crippen LogP contribution in [-0.2, 0) is 4.79 Å². The Hall–Kier alpha value is -2.29. The van der Waals surface area contributed by atoms with Crippen LogP contribution >= 0.6 is 0 Å². The lowest BCUT2D eigenvalue weighted by molar-refractivity contribution is -0.136. The Kier molecular flexibility index (Phi) is 4.42. The van der Waals surface area contributed by atoms with E-state index >= 15 is 0 Å². The number of nitrogens with zero attached hydrogens (tertiary/aromatic N) is 1. The summed E-state index contributed by atoms with van der Waals surface area (Å²) in [6, 6.07) is 19.9. The van der Waals surface area contributed by atoms with E-state index in [0.29, 0.717) is 5.92 Å². The number of carbonyl (C=O) groups is 1. The van der Waals surface area contributed by atoms with E-state index in [1.807, 2.05) is 48.2 Å². The molecular formula is C19H21NO2. The van der Waals surface area contributed by atoms with E-state index in [9.17, 15) is 4.79 Å². The van der Waals surface area contributed by atoms with Gasteiger partial charge in [0, 0.05) is 19.0 Å². The highest BCUT2D eigenvalue weighted by Gasteiger charge is 2.30. The lowest BCUT2D eigenvalue weighted by atomic mass is 9.99. The Bertz CT molecular complexity index is 612. The first-order valence-electron chi connectivity index (χ1n) is 7.79. The van der Waals surface area contributed by atoms with Crippen LogP contribution in [0.3, 0.4) is 0 Å². The van der Waals surface area contributed by atoms with E-state index in [0.717, 1.165) is 25.3 Å². The molecule has 114 valence electrons. The third-order valence-electron chi connectivity index (χ3n) is 4.17. The van der Waals surface area contributed by atoms with Gasteiger partial charge in [0.15, 0.2) is 6.10 Å². The Labute approximate surface area is 131 Å². The Morgan fingerprint density at radius 1 is 1.09 bits per heavy atom. The van der Waals surface area contributed by atoms with Gasteiger partial charge < -0.3 is 9.64 Å². The summed E-state index contributed by atoms with van der Waals surface area (Å²) in [4.78, 5) is 14.4. The summed E-state index contributed by atoms with van der Waals surface area (Å²) in [6.45, 7) is 3.41. The molecule has 2 unspecified atom stereocenters. The number of likely N-dealkylation sites (tertiary alicyclic amines) is 1. The molecule has 1 heterocycles. The molecule has 1 aliphatic rings. The normalized spacial score (nSPS) is 19.0. The summed E-state index contributed by atoms with van der Waals surface area (Å²) < 4.78 is 5.74. The first-order chi connectivity index (χ1) is 10.7. The molecule has 2 atom stereocenters. The van der Waals surface area contributed by atoms with Gasteiger partial charge in [-0.2, -0.15) is 0 Å². The smallest absolute Gasteiger partial charge is 0.263 e. The van der Waals surface area contributed by atoms with Gasteiger partial charge in [-0.3, -0.25) is 4.79 Å². The van der Waals surface area contributed by atoms with E-state index < -0.39 is 6.10 Å². The second kappa shape index (κ2) is 6.65. The van der Waals surface area contributed by atoms with Gasteiger partial charge in [-0.1, -0.05) is 48.5 Å². The molecule has 0 N–H and O–H groups in total. The zero-order valence-corrected chi connectivity index (χ0v) is 12.8. The second-order valence-corrected chi connectivity index (χ2v) is 5.75. The van der Waals surface area contributed by atoms with Crippen molar-refractivity contribution in [1.29, 1.82) is 0 Å². The minimum absolute atomic E-state index is 0.0716. The number of rotatable bonds is 4. The number of para-hydroxylation sites is 1. The second-order valence-electron chi connectivity index (χ2n) is 5.75. The number of ether oxygens (including phenoxy) is 1.